The summed E-state index contributed by atoms with van der Waals surface area (Å²) in [5.41, 5.74) is 5.45. The van der Waals surface area contributed by atoms with Gasteiger partial charge in [-0.2, -0.15) is 0 Å². The molecule has 1 amide bonds. The van der Waals surface area contributed by atoms with Gasteiger partial charge >= 0.3 is 0 Å². The summed E-state index contributed by atoms with van der Waals surface area (Å²) < 4.78 is 5.96. The molecule has 0 atom stereocenters. The van der Waals surface area contributed by atoms with E-state index in [1.165, 1.54) is 34.2 Å². The Morgan fingerprint density at radius 2 is 1.62 bits per heavy atom. The van der Waals surface area contributed by atoms with Crippen LogP contribution in [0.4, 0.5) is 16.5 Å². The Balaban J connectivity index is 1.26. The monoisotopic (exact) mass is 488 g/mol. The fourth-order valence-electron chi connectivity index (χ4n) is 4.00. The number of para-hydroxylation sites is 2. The molecule has 0 unspecified atom stereocenters. The predicted molar refractivity (Wildman–Crippen MR) is 138 cm³/mol. The van der Waals surface area contributed by atoms with Crippen LogP contribution >= 0.6 is 23.1 Å². The second kappa shape index (κ2) is 10.3. The van der Waals surface area contributed by atoms with Crippen LogP contribution in [0.25, 0.3) is 0 Å². The highest BCUT2D eigenvalue weighted by Crippen LogP contribution is 2.37. The van der Waals surface area contributed by atoms with Gasteiger partial charge in [-0.25, -0.2) is 0 Å². The summed E-state index contributed by atoms with van der Waals surface area (Å²) in [6, 6.07) is 24.2. The number of anilines is 3. The fourth-order valence-corrected chi connectivity index (χ4v) is 5.59. The van der Waals surface area contributed by atoms with Gasteiger partial charge in [-0.05, 0) is 53.8 Å². The molecule has 4 aromatic rings. The zero-order valence-electron chi connectivity index (χ0n) is 18.7. The highest BCUT2D eigenvalue weighted by molar-refractivity contribution is 8.01. The van der Waals surface area contributed by atoms with Crippen LogP contribution in [0.1, 0.15) is 16.7 Å². The highest BCUT2D eigenvalue weighted by atomic mass is 32.2. The van der Waals surface area contributed by atoms with Crippen LogP contribution in [0.2, 0.25) is 0 Å². The van der Waals surface area contributed by atoms with E-state index in [9.17, 15) is 4.79 Å². The van der Waals surface area contributed by atoms with E-state index in [0.717, 1.165) is 45.0 Å². The number of amides is 1. The summed E-state index contributed by atoms with van der Waals surface area (Å²) in [5, 5.41) is 12.5. The van der Waals surface area contributed by atoms with E-state index in [0.29, 0.717) is 6.54 Å². The predicted octanol–water partition coefficient (Wildman–Crippen LogP) is 5.71. The van der Waals surface area contributed by atoms with Crippen molar-refractivity contribution >= 4 is 45.5 Å². The minimum absolute atomic E-state index is 0.0368. The molecule has 0 fully saturated rings. The lowest BCUT2D eigenvalue weighted by molar-refractivity contribution is -0.115. The van der Waals surface area contributed by atoms with Crippen LogP contribution in [0.3, 0.4) is 0 Å². The van der Waals surface area contributed by atoms with E-state index >= 15 is 0 Å². The van der Waals surface area contributed by atoms with Gasteiger partial charge in [0.2, 0.25) is 11.0 Å². The Bertz CT molecular complexity index is 1240. The van der Waals surface area contributed by atoms with E-state index in [4.69, 9.17) is 4.74 Å². The molecule has 2 heterocycles. The van der Waals surface area contributed by atoms with Crippen molar-refractivity contribution in [3.8, 4) is 5.75 Å². The Hall–Kier alpha value is -3.36. The largest absolute Gasteiger partial charge is 0.497 e. The first-order chi connectivity index (χ1) is 16.7. The first-order valence-electron chi connectivity index (χ1n) is 11.0. The van der Waals surface area contributed by atoms with E-state index in [1.54, 1.807) is 7.11 Å². The number of fused-ring (bicyclic) bond motifs is 2. The van der Waals surface area contributed by atoms with Crippen LogP contribution in [0, 0.1) is 0 Å². The molecule has 172 valence electrons. The smallest absolute Gasteiger partial charge is 0.242 e. The van der Waals surface area contributed by atoms with Crippen molar-refractivity contribution in [2.75, 3.05) is 23.1 Å². The van der Waals surface area contributed by atoms with Crippen LogP contribution in [0.15, 0.2) is 77.1 Å². The molecule has 5 rings (SSSR count). The molecule has 0 spiro atoms. The average Bonchev–Trinajstić information content (AvgIpc) is 3.27. The van der Waals surface area contributed by atoms with Crippen molar-refractivity contribution in [1.82, 2.24) is 10.2 Å². The fraction of sp³-hybridized carbons (Fsp3) is 0.192. The van der Waals surface area contributed by atoms with Crippen molar-refractivity contribution in [2.24, 2.45) is 0 Å². The van der Waals surface area contributed by atoms with Gasteiger partial charge in [-0.1, -0.05) is 71.6 Å². The van der Waals surface area contributed by atoms with Crippen molar-refractivity contribution in [1.29, 1.82) is 0 Å². The minimum atomic E-state index is 0.0368. The van der Waals surface area contributed by atoms with Gasteiger partial charge in [-0.3, -0.25) is 9.69 Å². The SMILES string of the molecule is COc1ccc(CNc2nnc(SCC(=O)N3c4ccccc4CCc4ccccc43)s2)cc1. The zero-order chi connectivity index (χ0) is 23.3. The number of hydrogen-bond acceptors (Lipinski definition) is 7. The molecule has 0 saturated heterocycles. The summed E-state index contributed by atoms with van der Waals surface area (Å²) >= 11 is 2.88. The molecule has 1 aromatic heterocycles. The maximum Gasteiger partial charge on any atom is 0.242 e. The number of aryl methyl sites for hydroxylation is 2. The maximum absolute atomic E-state index is 13.5. The number of methoxy groups -OCH3 is 1. The first-order valence-corrected chi connectivity index (χ1v) is 12.8. The molecule has 3 aromatic carbocycles. The van der Waals surface area contributed by atoms with Gasteiger partial charge in [0.25, 0.3) is 0 Å². The molecule has 6 nitrogen and oxygen atoms in total. The standard InChI is InChI=1S/C26H24N4O2S2/c1-32-21-14-10-18(11-15-21)16-27-25-28-29-26(34-25)33-17-24(31)30-22-8-4-2-6-19(22)12-13-20-7-3-5-9-23(20)30/h2-11,14-15H,12-13,16-17H2,1H3,(H,27,28). The lowest BCUT2D eigenvalue weighted by atomic mass is 10.0. The van der Waals surface area contributed by atoms with Crippen LogP contribution < -0.4 is 15.0 Å². The van der Waals surface area contributed by atoms with Crippen molar-refractivity contribution in [3.05, 3.63) is 89.5 Å². The Morgan fingerprint density at radius 3 is 2.26 bits per heavy atom. The third-order valence-electron chi connectivity index (χ3n) is 5.71. The van der Waals surface area contributed by atoms with E-state index in [1.807, 2.05) is 65.6 Å². The Labute approximate surface area is 207 Å². The summed E-state index contributed by atoms with van der Waals surface area (Å²) in [5.74, 6) is 1.16. The van der Waals surface area contributed by atoms with E-state index in [-0.39, 0.29) is 11.7 Å². The molecule has 34 heavy (non-hydrogen) atoms. The molecule has 8 heteroatoms. The molecule has 1 aliphatic rings. The normalized spacial score (nSPS) is 12.4. The Kier molecular flexibility index (Phi) is 6.78. The van der Waals surface area contributed by atoms with Crippen molar-refractivity contribution < 1.29 is 9.53 Å². The van der Waals surface area contributed by atoms with Crippen LogP contribution in [-0.2, 0) is 24.2 Å². The number of ether oxygens (including phenoxy) is 1. The number of hydrogen-bond donors (Lipinski definition) is 1. The third kappa shape index (κ3) is 4.93. The second-order valence-electron chi connectivity index (χ2n) is 7.85. The molecular formula is C26H24N4O2S2. The lowest BCUT2D eigenvalue weighted by Gasteiger charge is -2.24. The maximum atomic E-state index is 13.5. The lowest BCUT2D eigenvalue weighted by Crippen LogP contribution is -2.28. The number of carbonyl (C=O) groups excluding carboxylic acids is 1. The molecule has 1 aliphatic heterocycles. The number of rotatable bonds is 7. The Morgan fingerprint density at radius 1 is 0.971 bits per heavy atom. The van der Waals surface area contributed by atoms with Gasteiger partial charge in [0.15, 0.2) is 4.34 Å². The highest BCUT2D eigenvalue weighted by Gasteiger charge is 2.25. The number of carbonyl (C=O) groups is 1. The molecule has 1 N–H and O–H groups in total. The van der Waals surface area contributed by atoms with Gasteiger partial charge in [0, 0.05) is 6.54 Å². The van der Waals surface area contributed by atoms with Gasteiger partial charge in [0.05, 0.1) is 24.2 Å². The third-order valence-corrected chi connectivity index (χ3v) is 7.71. The molecule has 0 saturated carbocycles. The second-order valence-corrected chi connectivity index (χ2v) is 10.0. The van der Waals surface area contributed by atoms with E-state index in [2.05, 4.69) is 27.6 Å². The number of thioether (sulfide) groups is 1. The van der Waals surface area contributed by atoms with Crippen LogP contribution in [-0.4, -0.2) is 29.0 Å². The number of aromatic nitrogens is 2. The van der Waals surface area contributed by atoms with Gasteiger partial charge < -0.3 is 10.1 Å². The summed E-state index contributed by atoms with van der Waals surface area (Å²) in [6.07, 6.45) is 1.84. The van der Waals surface area contributed by atoms with Crippen LogP contribution in [0.5, 0.6) is 5.75 Å². The summed E-state index contributed by atoms with van der Waals surface area (Å²) in [4.78, 5) is 15.3. The number of nitrogens with one attached hydrogen (secondary N) is 1. The minimum Gasteiger partial charge on any atom is -0.497 e. The van der Waals surface area contributed by atoms with Gasteiger partial charge in [0.1, 0.15) is 5.75 Å². The first kappa shape index (κ1) is 22.4. The van der Waals surface area contributed by atoms with E-state index < -0.39 is 0 Å². The molecule has 0 radical (unpaired) electrons. The number of benzene rings is 3. The molecule has 0 aliphatic carbocycles. The van der Waals surface area contributed by atoms with Crippen molar-refractivity contribution in [3.63, 3.8) is 0 Å². The van der Waals surface area contributed by atoms with Gasteiger partial charge in [-0.15, -0.1) is 10.2 Å². The average molecular weight is 489 g/mol. The summed E-state index contributed by atoms with van der Waals surface area (Å²) in [6.45, 7) is 0.642. The summed E-state index contributed by atoms with van der Waals surface area (Å²) in [7, 11) is 1.66. The number of nitrogens with zero attached hydrogens (tertiary/aromatic N) is 3. The van der Waals surface area contributed by atoms with Crippen molar-refractivity contribution in [2.45, 2.75) is 23.7 Å². The topological polar surface area (TPSA) is 67.3 Å². The molecular weight excluding hydrogens is 464 g/mol. The quantitative estimate of drug-likeness (QED) is 0.336. The zero-order valence-corrected chi connectivity index (χ0v) is 20.4. The molecule has 0 bridgehead atoms.